The van der Waals surface area contributed by atoms with Gasteiger partial charge < -0.3 is 10.0 Å². The van der Waals surface area contributed by atoms with Crippen molar-refractivity contribution >= 4 is 23.1 Å². The van der Waals surface area contributed by atoms with E-state index in [1.165, 1.54) is 18.5 Å². The summed E-state index contributed by atoms with van der Waals surface area (Å²) in [4.78, 5) is 13.6. The molecule has 0 spiro atoms. The highest BCUT2D eigenvalue weighted by Gasteiger charge is 2.23. The number of benzene rings is 1. The third-order valence-corrected chi connectivity index (χ3v) is 3.46. The Bertz CT molecular complexity index is 677. The van der Waals surface area contributed by atoms with Crippen LogP contribution < -0.4 is 4.90 Å². The molecule has 1 aliphatic rings. The number of rotatable bonds is 2. The summed E-state index contributed by atoms with van der Waals surface area (Å²) in [7, 11) is 0. The quantitative estimate of drug-likeness (QED) is 0.918. The number of hydrogen-bond acceptors (Lipinski definition) is 5. The molecule has 0 saturated carbocycles. The predicted octanol–water partition coefficient (Wildman–Crippen LogP) is 1.93. The zero-order valence-electron chi connectivity index (χ0n) is 10.9. The molecule has 2 heterocycles. The van der Waals surface area contributed by atoms with Crippen molar-refractivity contribution in [1.29, 1.82) is 0 Å². The average Bonchev–Trinajstić information content (AvgIpc) is 2.48. The van der Waals surface area contributed by atoms with E-state index in [2.05, 4.69) is 15.0 Å². The Kier molecular flexibility index (Phi) is 3.81. The molecule has 0 bridgehead atoms. The topological polar surface area (TPSA) is 62.1 Å². The molecular weight excluding hydrogens is 295 g/mol. The molecule has 108 valence electrons. The molecule has 0 fully saturated rings. The molecule has 21 heavy (non-hydrogen) atoms. The van der Waals surface area contributed by atoms with E-state index < -0.39 is 6.10 Å². The molecule has 1 aromatic carbocycles. The van der Waals surface area contributed by atoms with Crippen LogP contribution in [0.15, 0.2) is 36.7 Å². The van der Waals surface area contributed by atoms with Gasteiger partial charge in [-0.05, 0) is 34.9 Å². The Hall–Kier alpha value is -2.05. The van der Waals surface area contributed by atoms with E-state index >= 15 is 0 Å². The van der Waals surface area contributed by atoms with Crippen molar-refractivity contribution in [3.63, 3.8) is 0 Å². The van der Waals surface area contributed by atoms with Crippen molar-refractivity contribution in [2.75, 3.05) is 18.0 Å². The molecule has 0 saturated heterocycles. The summed E-state index contributed by atoms with van der Waals surface area (Å²) >= 11 is 5.74. The molecule has 2 aromatic rings. The first-order valence-electron chi connectivity index (χ1n) is 6.37. The zero-order valence-corrected chi connectivity index (χ0v) is 11.7. The van der Waals surface area contributed by atoms with Gasteiger partial charge in [0.15, 0.2) is 0 Å². The van der Waals surface area contributed by atoms with Crippen molar-refractivity contribution in [3.05, 3.63) is 53.3 Å². The van der Waals surface area contributed by atoms with Crippen molar-refractivity contribution in [2.24, 2.45) is 0 Å². The lowest BCUT2D eigenvalue weighted by Crippen LogP contribution is -2.38. The number of aliphatic hydroxyl groups is 1. The van der Waals surface area contributed by atoms with Crippen LogP contribution >= 0.6 is 11.6 Å². The number of β-amino-alcohol motifs (C(OH)–C–C–N with tert-alkyl or cyclic N) is 1. The lowest BCUT2D eigenvalue weighted by atomic mass is 9.97. The summed E-state index contributed by atoms with van der Waals surface area (Å²) in [6.45, 7) is 0.869. The van der Waals surface area contributed by atoms with Crippen molar-refractivity contribution in [2.45, 2.75) is 6.10 Å². The van der Waals surface area contributed by atoms with Gasteiger partial charge in [0.25, 0.3) is 0 Å². The van der Waals surface area contributed by atoms with Crippen LogP contribution in [0.25, 0.3) is 5.57 Å². The Morgan fingerprint density at radius 1 is 1.24 bits per heavy atom. The number of hydrogen-bond donors (Lipinski definition) is 1. The van der Waals surface area contributed by atoms with Crippen LogP contribution in [0.1, 0.15) is 5.56 Å². The first-order chi connectivity index (χ1) is 10.1. The second kappa shape index (κ2) is 5.75. The summed E-state index contributed by atoms with van der Waals surface area (Å²) < 4.78 is 12.9. The monoisotopic (exact) mass is 306 g/mol. The van der Waals surface area contributed by atoms with Gasteiger partial charge in [-0.1, -0.05) is 18.2 Å². The van der Waals surface area contributed by atoms with Gasteiger partial charge in [-0.25, -0.2) is 14.4 Å². The van der Waals surface area contributed by atoms with E-state index in [0.29, 0.717) is 19.0 Å². The summed E-state index contributed by atoms with van der Waals surface area (Å²) in [6, 6.07) is 6.06. The van der Waals surface area contributed by atoms with E-state index in [9.17, 15) is 9.50 Å². The smallest absolute Gasteiger partial charge is 0.230 e. The van der Waals surface area contributed by atoms with Crippen molar-refractivity contribution in [3.8, 4) is 0 Å². The zero-order chi connectivity index (χ0) is 14.8. The standard InChI is InChI=1S/C14H12ClFN4O/c15-13-17-8-18-14(19-13)20-6-5-11(12(21)7-20)9-1-3-10(16)4-2-9/h1-5,8,12,21H,6-7H2. The number of aromatic nitrogens is 3. The summed E-state index contributed by atoms with van der Waals surface area (Å²) in [5.74, 6) is 0.120. The minimum atomic E-state index is -0.709. The molecule has 5 nitrogen and oxygen atoms in total. The second-order valence-corrected chi connectivity index (χ2v) is 4.98. The highest BCUT2D eigenvalue weighted by molar-refractivity contribution is 6.28. The largest absolute Gasteiger partial charge is 0.387 e. The molecular formula is C14H12ClFN4O. The van der Waals surface area contributed by atoms with E-state index in [4.69, 9.17) is 11.6 Å². The third-order valence-electron chi connectivity index (χ3n) is 3.27. The fourth-order valence-corrected chi connectivity index (χ4v) is 2.38. The molecule has 1 atom stereocenters. The van der Waals surface area contributed by atoms with Crippen LogP contribution in [-0.2, 0) is 0 Å². The van der Waals surface area contributed by atoms with E-state index in [1.54, 1.807) is 17.0 Å². The third kappa shape index (κ3) is 3.01. The maximum absolute atomic E-state index is 12.9. The van der Waals surface area contributed by atoms with Crippen LogP contribution in [0, 0.1) is 5.82 Å². The van der Waals surface area contributed by atoms with Crippen LogP contribution in [0.4, 0.5) is 10.3 Å². The number of aliphatic hydroxyl groups excluding tert-OH is 1. The van der Waals surface area contributed by atoms with Crippen molar-refractivity contribution in [1.82, 2.24) is 15.0 Å². The van der Waals surface area contributed by atoms with E-state index in [1.807, 2.05) is 6.08 Å². The van der Waals surface area contributed by atoms with Gasteiger partial charge >= 0.3 is 0 Å². The minimum absolute atomic E-state index is 0.114. The first kappa shape index (κ1) is 13.9. The molecule has 0 amide bonds. The van der Waals surface area contributed by atoms with Gasteiger partial charge in [0.2, 0.25) is 11.2 Å². The Morgan fingerprint density at radius 3 is 2.67 bits per heavy atom. The highest BCUT2D eigenvalue weighted by Crippen LogP contribution is 2.24. The summed E-state index contributed by atoms with van der Waals surface area (Å²) in [5, 5.41) is 10.4. The van der Waals surface area contributed by atoms with Crippen LogP contribution in [0.3, 0.4) is 0 Å². The highest BCUT2D eigenvalue weighted by atomic mass is 35.5. The molecule has 1 unspecified atom stereocenters. The normalized spacial score (nSPS) is 18.5. The van der Waals surface area contributed by atoms with Gasteiger partial charge in [-0.3, -0.25) is 0 Å². The van der Waals surface area contributed by atoms with Gasteiger partial charge in [0, 0.05) is 6.54 Å². The number of halogens is 2. The van der Waals surface area contributed by atoms with Gasteiger partial charge in [0.05, 0.1) is 12.6 Å². The van der Waals surface area contributed by atoms with Gasteiger partial charge in [0.1, 0.15) is 12.1 Å². The maximum atomic E-state index is 12.9. The number of anilines is 1. The number of nitrogens with zero attached hydrogens (tertiary/aromatic N) is 4. The molecule has 0 radical (unpaired) electrons. The summed E-state index contributed by atoms with van der Waals surface area (Å²) in [5.41, 5.74) is 1.57. The van der Waals surface area contributed by atoms with Crippen LogP contribution in [0.2, 0.25) is 5.28 Å². The van der Waals surface area contributed by atoms with Crippen LogP contribution in [-0.4, -0.2) is 39.3 Å². The fraction of sp³-hybridized carbons (Fsp3) is 0.214. The Morgan fingerprint density at radius 2 is 2.00 bits per heavy atom. The van der Waals surface area contributed by atoms with E-state index in [0.717, 1.165) is 11.1 Å². The molecule has 7 heteroatoms. The Balaban J connectivity index is 1.83. The molecule has 0 aliphatic carbocycles. The average molecular weight is 307 g/mol. The lowest BCUT2D eigenvalue weighted by molar-refractivity contribution is 0.233. The molecule has 1 aromatic heterocycles. The first-order valence-corrected chi connectivity index (χ1v) is 6.75. The van der Waals surface area contributed by atoms with E-state index in [-0.39, 0.29) is 11.1 Å². The van der Waals surface area contributed by atoms with Crippen LogP contribution in [0.5, 0.6) is 0 Å². The summed E-state index contributed by atoms with van der Waals surface area (Å²) in [6.07, 6.45) is 2.50. The SMILES string of the molecule is OC1CN(c2ncnc(Cl)n2)CC=C1c1ccc(F)cc1. The fourth-order valence-electron chi connectivity index (χ4n) is 2.26. The maximum Gasteiger partial charge on any atom is 0.230 e. The Labute approximate surface area is 125 Å². The van der Waals surface area contributed by atoms with Crippen molar-refractivity contribution < 1.29 is 9.50 Å². The molecule has 1 N–H and O–H groups in total. The lowest BCUT2D eigenvalue weighted by Gasteiger charge is -2.30. The predicted molar refractivity (Wildman–Crippen MR) is 77.4 cm³/mol. The molecule has 3 rings (SSSR count). The molecule has 1 aliphatic heterocycles. The minimum Gasteiger partial charge on any atom is -0.387 e. The second-order valence-electron chi connectivity index (χ2n) is 4.64. The van der Waals surface area contributed by atoms with Gasteiger partial charge in [-0.2, -0.15) is 4.98 Å². The van der Waals surface area contributed by atoms with Gasteiger partial charge in [-0.15, -0.1) is 0 Å².